The van der Waals surface area contributed by atoms with Crippen LogP contribution >= 0.6 is 0 Å². The second-order valence-electron chi connectivity index (χ2n) is 1.94. The minimum Gasteiger partial charge on any atom is -0.316 e. The molecular weight excluding hydrogens is 142 g/mol. The van der Waals surface area contributed by atoms with E-state index in [9.17, 15) is 8.42 Å². The topological polar surface area (TPSA) is 66.4 Å². The van der Waals surface area contributed by atoms with Crippen molar-refractivity contribution in [3.8, 4) is 0 Å². The molecule has 56 valence electrons. The van der Waals surface area contributed by atoms with Gasteiger partial charge >= 0.3 is 0 Å². The maximum Gasteiger partial charge on any atom is 0.266 e. The van der Waals surface area contributed by atoms with Gasteiger partial charge in [0.2, 0.25) is 0 Å². The molecule has 1 unspecified atom stereocenters. The Balaban J connectivity index is 3.75. The van der Waals surface area contributed by atoms with Crippen LogP contribution < -0.4 is 5.32 Å². The number of rotatable bonds is 3. The first-order chi connectivity index (χ1) is 3.95. The molecule has 1 atom stereocenters. The van der Waals surface area contributed by atoms with Gasteiger partial charge in [-0.05, 0) is 14.0 Å². The summed E-state index contributed by atoms with van der Waals surface area (Å²) < 4.78 is 28.5. The van der Waals surface area contributed by atoms with Gasteiger partial charge in [0.1, 0.15) is 0 Å². The van der Waals surface area contributed by atoms with Gasteiger partial charge in [0, 0.05) is 6.04 Å². The molecule has 0 bridgehead atoms. The summed E-state index contributed by atoms with van der Waals surface area (Å²) in [5.74, 6) is -0.233. The lowest BCUT2D eigenvalue weighted by Crippen LogP contribution is -2.29. The van der Waals surface area contributed by atoms with Crippen LogP contribution in [-0.2, 0) is 10.1 Å². The first-order valence-corrected chi connectivity index (χ1v) is 4.19. The third-order valence-electron chi connectivity index (χ3n) is 0.953. The van der Waals surface area contributed by atoms with Gasteiger partial charge in [-0.25, -0.2) is 0 Å². The average molecular weight is 153 g/mol. The lowest BCUT2D eigenvalue weighted by Gasteiger charge is -2.05. The number of hydrogen-bond acceptors (Lipinski definition) is 3. The van der Waals surface area contributed by atoms with Gasteiger partial charge in [-0.15, -0.1) is 0 Å². The van der Waals surface area contributed by atoms with Gasteiger partial charge in [0.15, 0.2) is 0 Å². The Hall–Kier alpha value is -0.130. The Morgan fingerprint density at radius 3 is 2.22 bits per heavy atom. The van der Waals surface area contributed by atoms with Gasteiger partial charge in [0.25, 0.3) is 10.1 Å². The largest absolute Gasteiger partial charge is 0.316 e. The highest BCUT2D eigenvalue weighted by Gasteiger charge is 2.08. The summed E-state index contributed by atoms with van der Waals surface area (Å²) in [6.07, 6.45) is 0. The Morgan fingerprint density at radius 2 is 2.11 bits per heavy atom. The van der Waals surface area contributed by atoms with Crippen LogP contribution in [0.4, 0.5) is 0 Å². The fraction of sp³-hybridized carbons (Fsp3) is 1.00. The molecule has 0 aromatic heterocycles. The molecule has 0 aromatic rings. The highest BCUT2D eigenvalue weighted by molar-refractivity contribution is 7.85. The van der Waals surface area contributed by atoms with Crippen LogP contribution in [0.15, 0.2) is 0 Å². The van der Waals surface area contributed by atoms with Crippen LogP contribution in [0.2, 0.25) is 0 Å². The van der Waals surface area contributed by atoms with E-state index in [1.54, 1.807) is 14.0 Å². The molecule has 0 aliphatic rings. The zero-order valence-electron chi connectivity index (χ0n) is 5.46. The predicted octanol–water partition coefficient (Wildman–Crippen LogP) is -0.518. The molecule has 0 saturated carbocycles. The summed E-state index contributed by atoms with van der Waals surface area (Å²) in [6.45, 7) is 1.67. The van der Waals surface area contributed by atoms with Crippen LogP contribution in [-0.4, -0.2) is 31.8 Å². The third kappa shape index (κ3) is 5.75. The number of nitrogens with one attached hydrogen (secondary N) is 1. The van der Waals surface area contributed by atoms with Crippen molar-refractivity contribution in [1.29, 1.82) is 0 Å². The van der Waals surface area contributed by atoms with Crippen LogP contribution in [0.3, 0.4) is 0 Å². The minimum atomic E-state index is -3.80. The van der Waals surface area contributed by atoms with E-state index in [0.717, 1.165) is 0 Å². The Morgan fingerprint density at radius 1 is 1.67 bits per heavy atom. The summed E-state index contributed by atoms with van der Waals surface area (Å²) >= 11 is 0. The lowest BCUT2D eigenvalue weighted by atomic mass is 10.4. The van der Waals surface area contributed by atoms with Crippen LogP contribution in [0.25, 0.3) is 0 Å². The van der Waals surface area contributed by atoms with E-state index in [0.29, 0.717) is 0 Å². The molecule has 5 heteroatoms. The molecule has 0 rings (SSSR count). The van der Waals surface area contributed by atoms with Crippen molar-refractivity contribution in [3.05, 3.63) is 0 Å². The molecule has 9 heavy (non-hydrogen) atoms. The predicted molar refractivity (Wildman–Crippen MR) is 34.9 cm³/mol. The van der Waals surface area contributed by atoms with Crippen LogP contribution in [0, 0.1) is 0 Å². The van der Waals surface area contributed by atoms with E-state index in [1.165, 1.54) is 0 Å². The van der Waals surface area contributed by atoms with Crippen LogP contribution in [0.1, 0.15) is 6.92 Å². The van der Waals surface area contributed by atoms with E-state index < -0.39 is 10.1 Å². The second kappa shape index (κ2) is 3.14. The van der Waals surface area contributed by atoms with Crippen molar-refractivity contribution in [1.82, 2.24) is 5.32 Å². The maximum atomic E-state index is 10.1. The van der Waals surface area contributed by atoms with Gasteiger partial charge in [-0.2, -0.15) is 8.42 Å². The number of hydrogen-bond donors (Lipinski definition) is 2. The molecule has 0 aliphatic heterocycles. The highest BCUT2D eigenvalue weighted by Crippen LogP contribution is 1.86. The summed E-state index contributed by atoms with van der Waals surface area (Å²) in [7, 11) is -2.16. The van der Waals surface area contributed by atoms with Crippen LogP contribution in [0.5, 0.6) is 0 Å². The molecule has 0 fully saturated rings. The summed E-state index contributed by atoms with van der Waals surface area (Å²) in [4.78, 5) is 0. The zero-order valence-corrected chi connectivity index (χ0v) is 6.27. The molecular formula is C4H11NO3S. The Kier molecular flexibility index (Phi) is 3.10. The van der Waals surface area contributed by atoms with Crippen molar-refractivity contribution in [3.63, 3.8) is 0 Å². The van der Waals surface area contributed by atoms with Gasteiger partial charge < -0.3 is 5.32 Å². The smallest absolute Gasteiger partial charge is 0.266 e. The maximum absolute atomic E-state index is 10.1. The Bertz CT molecular complexity index is 163. The van der Waals surface area contributed by atoms with E-state index in [-0.39, 0.29) is 11.8 Å². The fourth-order valence-electron chi connectivity index (χ4n) is 0.399. The first-order valence-electron chi connectivity index (χ1n) is 2.58. The molecule has 0 saturated heterocycles. The summed E-state index contributed by atoms with van der Waals surface area (Å²) in [5.41, 5.74) is 0. The molecule has 0 radical (unpaired) electrons. The first kappa shape index (κ1) is 8.87. The average Bonchev–Trinajstić information content (AvgIpc) is 1.62. The molecule has 0 amide bonds. The molecule has 0 spiro atoms. The van der Waals surface area contributed by atoms with Gasteiger partial charge in [-0.1, -0.05) is 0 Å². The molecule has 0 heterocycles. The lowest BCUT2D eigenvalue weighted by molar-refractivity contribution is 0.473. The van der Waals surface area contributed by atoms with E-state index in [2.05, 4.69) is 5.32 Å². The minimum absolute atomic E-state index is 0.194. The summed E-state index contributed by atoms with van der Waals surface area (Å²) in [6, 6.07) is -0.194. The quantitative estimate of drug-likeness (QED) is 0.535. The van der Waals surface area contributed by atoms with Crippen molar-refractivity contribution in [2.24, 2.45) is 0 Å². The highest BCUT2D eigenvalue weighted by atomic mass is 32.2. The SMILES string of the molecule is CNC(C)CS(=O)(=O)O. The normalized spacial score (nSPS) is 15.4. The van der Waals surface area contributed by atoms with Crippen molar-refractivity contribution < 1.29 is 13.0 Å². The standard InChI is InChI=1S/C4H11NO3S/c1-4(5-2)3-9(6,7)8/h4-5H,3H2,1-2H3,(H,6,7,8). The van der Waals surface area contributed by atoms with E-state index in [1.807, 2.05) is 0 Å². The molecule has 2 N–H and O–H groups in total. The van der Waals surface area contributed by atoms with Crippen molar-refractivity contribution in [2.45, 2.75) is 13.0 Å². The molecule has 0 aliphatic carbocycles. The molecule has 0 aromatic carbocycles. The fourth-order valence-corrected chi connectivity index (χ4v) is 1.20. The zero-order chi connectivity index (χ0) is 7.49. The van der Waals surface area contributed by atoms with Crippen molar-refractivity contribution >= 4 is 10.1 Å². The summed E-state index contributed by atoms with van der Waals surface area (Å²) in [5, 5.41) is 2.68. The monoisotopic (exact) mass is 153 g/mol. The Labute approximate surface area is 55.0 Å². The third-order valence-corrected chi connectivity index (χ3v) is 1.87. The van der Waals surface area contributed by atoms with E-state index in [4.69, 9.17) is 4.55 Å². The van der Waals surface area contributed by atoms with E-state index >= 15 is 0 Å². The van der Waals surface area contributed by atoms with Gasteiger partial charge in [-0.3, -0.25) is 4.55 Å². The van der Waals surface area contributed by atoms with Gasteiger partial charge in [0.05, 0.1) is 5.75 Å². The molecule has 4 nitrogen and oxygen atoms in total. The second-order valence-corrected chi connectivity index (χ2v) is 3.44. The van der Waals surface area contributed by atoms with Crippen molar-refractivity contribution in [2.75, 3.05) is 12.8 Å².